The summed E-state index contributed by atoms with van der Waals surface area (Å²) in [4.78, 5) is 11.6. The van der Waals surface area contributed by atoms with E-state index in [4.69, 9.17) is 4.74 Å². The maximum absolute atomic E-state index is 11.6. The standard InChI is InChI=1S/C32H32O2/c1-3-5-6-21-34-31-20-19-29-22-28(17-18-30(29)23-31)26-13-9-24(10-14-26)7-8-25-11-15-27(16-12-25)32(33)4-2/h4,9-16,19-20,23,28H,2-3,5-6,17-18,21-22H2,1H3. The largest absolute Gasteiger partial charge is 0.494 e. The van der Waals surface area contributed by atoms with Crippen molar-refractivity contribution in [1.29, 1.82) is 0 Å². The summed E-state index contributed by atoms with van der Waals surface area (Å²) in [6, 6.07) is 22.6. The molecule has 0 saturated heterocycles. The van der Waals surface area contributed by atoms with Crippen molar-refractivity contribution in [3.8, 4) is 17.6 Å². The summed E-state index contributed by atoms with van der Waals surface area (Å²) in [6.07, 6.45) is 8.23. The lowest BCUT2D eigenvalue weighted by molar-refractivity contribution is 0.104. The number of rotatable bonds is 8. The predicted molar refractivity (Wildman–Crippen MR) is 140 cm³/mol. The van der Waals surface area contributed by atoms with Gasteiger partial charge in [0.15, 0.2) is 5.78 Å². The topological polar surface area (TPSA) is 26.3 Å². The molecule has 1 unspecified atom stereocenters. The van der Waals surface area contributed by atoms with E-state index < -0.39 is 0 Å². The van der Waals surface area contributed by atoms with E-state index >= 15 is 0 Å². The van der Waals surface area contributed by atoms with Gasteiger partial charge < -0.3 is 4.74 Å². The first-order valence-electron chi connectivity index (χ1n) is 12.3. The Hall–Kier alpha value is -3.57. The van der Waals surface area contributed by atoms with E-state index in [2.05, 4.69) is 67.8 Å². The first-order valence-corrected chi connectivity index (χ1v) is 12.3. The van der Waals surface area contributed by atoms with Crippen molar-refractivity contribution < 1.29 is 9.53 Å². The van der Waals surface area contributed by atoms with Gasteiger partial charge >= 0.3 is 0 Å². The van der Waals surface area contributed by atoms with Crippen molar-refractivity contribution in [3.63, 3.8) is 0 Å². The maximum atomic E-state index is 11.6. The van der Waals surface area contributed by atoms with Gasteiger partial charge in [-0.1, -0.05) is 56.4 Å². The molecule has 0 N–H and O–H groups in total. The lowest BCUT2D eigenvalue weighted by Crippen LogP contribution is -2.13. The highest BCUT2D eigenvalue weighted by atomic mass is 16.5. The quantitative estimate of drug-likeness (QED) is 0.156. The Morgan fingerprint density at radius 2 is 1.68 bits per heavy atom. The monoisotopic (exact) mass is 448 g/mol. The van der Waals surface area contributed by atoms with Crippen LogP contribution in [0.5, 0.6) is 5.75 Å². The van der Waals surface area contributed by atoms with Crippen LogP contribution >= 0.6 is 0 Å². The first-order chi connectivity index (χ1) is 16.7. The second kappa shape index (κ2) is 11.5. The Balaban J connectivity index is 1.36. The molecule has 3 aromatic carbocycles. The van der Waals surface area contributed by atoms with Crippen molar-refractivity contribution >= 4 is 5.78 Å². The number of ether oxygens (including phenoxy) is 1. The van der Waals surface area contributed by atoms with Crippen molar-refractivity contribution in [2.45, 2.75) is 51.4 Å². The Bertz CT molecular complexity index is 1190. The van der Waals surface area contributed by atoms with E-state index in [1.54, 1.807) is 12.1 Å². The second-order valence-electron chi connectivity index (χ2n) is 8.94. The number of carbonyl (C=O) groups is 1. The predicted octanol–water partition coefficient (Wildman–Crippen LogP) is 7.30. The lowest BCUT2D eigenvalue weighted by Gasteiger charge is -2.25. The van der Waals surface area contributed by atoms with E-state index in [9.17, 15) is 4.79 Å². The van der Waals surface area contributed by atoms with E-state index in [0.29, 0.717) is 11.5 Å². The van der Waals surface area contributed by atoms with E-state index in [-0.39, 0.29) is 5.78 Å². The number of carbonyl (C=O) groups excluding carboxylic acids is 1. The maximum Gasteiger partial charge on any atom is 0.185 e. The number of benzene rings is 3. The molecule has 0 spiro atoms. The third kappa shape index (κ3) is 6.06. The molecule has 1 atom stereocenters. The summed E-state index contributed by atoms with van der Waals surface area (Å²) >= 11 is 0. The van der Waals surface area contributed by atoms with Crippen molar-refractivity contribution in [1.82, 2.24) is 0 Å². The molecule has 4 rings (SSSR count). The molecule has 0 fully saturated rings. The summed E-state index contributed by atoms with van der Waals surface area (Å²) in [5, 5.41) is 0. The van der Waals surface area contributed by atoms with E-state index in [1.807, 2.05) is 12.1 Å². The van der Waals surface area contributed by atoms with Gasteiger partial charge in [0.05, 0.1) is 6.61 Å². The van der Waals surface area contributed by atoms with E-state index in [0.717, 1.165) is 49.2 Å². The number of ketones is 1. The molecule has 3 aromatic rings. The minimum absolute atomic E-state index is 0.0726. The van der Waals surface area contributed by atoms with Gasteiger partial charge in [-0.25, -0.2) is 0 Å². The van der Waals surface area contributed by atoms with Gasteiger partial charge in [0.25, 0.3) is 0 Å². The van der Waals surface area contributed by atoms with Gasteiger partial charge in [-0.2, -0.15) is 0 Å². The smallest absolute Gasteiger partial charge is 0.185 e. The first kappa shape index (κ1) is 23.6. The fourth-order valence-electron chi connectivity index (χ4n) is 4.47. The highest BCUT2D eigenvalue weighted by Gasteiger charge is 2.20. The third-order valence-corrected chi connectivity index (χ3v) is 6.51. The Kier molecular flexibility index (Phi) is 7.99. The molecule has 0 heterocycles. The number of hydrogen-bond acceptors (Lipinski definition) is 2. The molecule has 0 radical (unpaired) electrons. The summed E-state index contributed by atoms with van der Waals surface area (Å²) in [5.41, 5.74) is 6.78. The lowest BCUT2D eigenvalue weighted by atomic mass is 9.80. The third-order valence-electron chi connectivity index (χ3n) is 6.51. The molecule has 0 bridgehead atoms. The summed E-state index contributed by atoms with van der Waals surface area (Å²) in [7, 11) is 0. The van der Waals surface area contributed by atoms with Crippen LogP contribution < -0.4 is 4.74 Å². The molecule has 1 aliphatic carbocycles. The van der Waals surface area contributed by atoms with Gasteiger partial charge in [0, 0.05) is 16.7 Å². The van der Waals surface area contributed by atoms with Crippen LogP contribution in [-0.4, -0.2) is 12.4 Å². The molecule has 2 heteroatoms. The number of hydrogen-bond donors (Lipinski definition) is 0. The van der Waals surface area contributed by atoms with Crippen LogP contribution in [0.3, 0.4) is 0 Å². The fraction of sp³-hybridized carbons (Fsp3) is 0.281. The molecule has 172 valence electrons. The molecule has 0 saturated carbocycles. The van der Waals surface area contributed by atoms with E-state index in [1.165, 1.54) is 35.6 Å². The fourth-order valence-corrected chi connectivity index (χ4v) is 4.47. The molecular weight excluding hydrogens is 416 g/mol. The molecule has 2 nitrogen and oxygen atoms in total. The number of unbranched alkanes of at least 4 members (excludes halogenated alkanes) is 2. The number of fused-ring (bicyclic) bond motifs is 1. The SMILES string of the molecule is C=CC(=O)c1ccc(C#Cc2ccc(C3CCc4cc(OCCCCC)ccc4C3)cc2)cc1. The van der Waals surface area contributed by atoms with Gasteiger partial charge in [-0.3, -0.25) is 4.79 Å². The summed E-state index contributed by atoms with van der Waals surface area (Å²) < 4.78 is 5.94. The van der Waals surface area contributed by atoms with Crippen molar-refractivity contribution in [3.05, 3.63) is 113 Å². The highest BCUT2D eigenvalue weighted by molar-refractivity contribution is 6.04. The minimum atomic E-state index is -0.0726. The highest BCUT2D eigenvalue weighted by Crippen LogP contribution is 2.34. The van der Waals surface area contributed by atoms with Crippen LogP contribution in [-0.2, 0) is 12.8 Å². The molecular formula is C32H32O2. The molecule has 34 heavy (non-hydrogen) atoms. The average molecular weight is 449 g/mol. The Morgan fingerprint density at radius 3 is 2.35 bits per heavy atom. The normalized spacial score (nSPS) is 14.4. The Morgan fingerprint density at radius 1 is 0.971 bits per heavy atom. The van der Waals surface area contributed by atoms with Crippen LogP contribution in [0.4, 0.5) is 0 Å². The zero-order valence-corrected chi connectivity index (χ0v) is 20.0. The number of aryl methyl sites for hydroxylation is 1. The zero-order chi connectivity index (χ0) is 23.8. The van der Waals surface area contributed by atoms with Crippen molar-refractivity contribution in [2.24, 2.45) is 0 Å². The van der Waals surface area contributed by atoms with Gasteiger partial charge in [-0.15, -0.1) is 0 Å². The molecule has 0 aromatic heterocycles. The van der Waals surface area contributed by atoms with Gasteiger partial charge in [0.1, 0.15) is 5.75 Å². The Labute approximate surface area is 203 Å². The van der Waals surface area contributed by atoms with Crippen LogP contribution in [0, 0.1) is 11.8 Å². The summed E-state index contributed by atoms with van der Waals surface area (Å²) in [5.74, 6) is 7.90. The number of allylic oxidation sites excluding steroid dienone is 1. The van der Waals surface area contributed by atoms with Crippen LogP contribution in [0.25, 0.3) is 0 Å². The van der Waals surface area contributed by atoms with Gasteiger partial charge in [-0.05, 0) is 103 Å². The minimum Gasteiger partial charge on any atom is -0.494 e. The van der Waals surface area contributed by atoms with Gasteiger partial charge in [0.2, 0.25) is 0 Å². The molecule has 0 amide bonds. The summed E-state index contributed by atoms with van der Waals surface area (Å²) in [6.45, 7) is 6.55. The van der Waals surface area contributed by atoms with Crippen molar-refractivity contribution in [2.75, 3.05) is 6.61 Å². The molecule has 1 aliphatic rings. The molecule has 0 aliphatic heterocycles. The average Bonchev–Trinajstić information content (AvgIpc) is 2.89. The zero-order valence-electron chi connectivity index (χ0n) is 20.0. The van der Waals surface area contributed by atoms with Crippen LogP contribution in [0.1, 0.15) is 76.7 Å². The second-order valence-corrected chi connectivity index (χ2v) is 8.94. The van der Waals surface area contributed by atoms with Crippen LogP contribution in [0.2, 0.25) is 0 Å². The van der Waals surface area contributed by atoms with Crippen LogP contribution in [0.15, 0.2) is 79.4 Å².